The summed E-state index contributed by atoms with van der Waals surface area (Å²) in [6.07, 6.45) is 4.39. The number of rotatable bonds is 7. The number of hydrogen-bond acceptors (Lipinski definition) is 4. The minimum absolute atomic E-state index is 0.0968. The van der Waals surface area contributed by atoms with E-state index in [-0.39, 0.29) is 12.5 Å². The standard InChI is InChI=1S/C15H16N4O2/c16-11-13-5-1-2-6-14(13)21-12-15(20)17-7-3-9-19-10-4-8-18-19/h1-2,4-6,8,10H,3,7,9,12H2,(H,17,20). The van der Waals surface area contributed by atoms with Gasteiger partial charge < -0.3 is 10.1 Å². The molecule has 2 rings (SSSR count). The molecule has 2 aromatic rings. The molecule has 6 nitrogen and oxygen atoms in total. The number of aromatic nitrogens is 2. The van der Waals surface area contributed by atoms with E-state index in [0.717, 1.165) is 13.0 Å². The van der Waals surface area contributed by atoms with Crippen LogP contribution >= 0.6 is 0 Å². The molecule has 21 heavy (non-hydrogen) atoms. The molecule has 1 amide bonds. The second-order valence-electron chi connectivity index (χ2n) is 4.37. The van der Waals surface area contributed by atoms with E-state index >= 15 is 0 Å². The number of carbonyl (C=O) groups is 1. The first-order chi connectivity index (χ1) is 10.3. The first-order valence-electron chi connectivity index (χ1n) is 6.65. The number of carbonyl (C=O) groups excluding carboxylic acids is 1. The first kappa shape index (κ1) is 14.6. The van der Waals surface area contributed by atoms with Gasteiger partial charge in [0.05, 0.1) is 5.56 Å². The van der Waals surface area contributed by atoms with Crippen LogP contribution in [0.25, 0.3) is 0 Å². The molecule has 0 saturated heterocycles. The molecule has 0 spiro atoms. The molecule has 1 heterocycles. The van der Waals surface area contributed by atoms with Crippen molar-refractivity contribution in [2.45, 2.75) is 13.0 Å². The van der Waals surface area contributed by atoms with Crippen LogP contribution in [0.3, 0.4) is 0 Å². The number of nitrogens with zero attached hydrogens (tertiary/aromatic N) is 3. The molecule has 1 aromatic heterocycles. The zero-order chi connectivity index (χ0) is 14.9. The third-order valence-electron chi connectivity index (χ3n) is 2.81. The largest absolute Gasteiger partial charge is 0.482 e. The Morgan fingerprint density at radius 1 is 1.38 bits per heavy atom. The fourth-order valence-electron chi connectivity index (χ4n) is 1.78. The summed E-state index contributed by atoms with van der Waals surface area (Å²) in [5, 5.41) is 15.8. The van der Waals surface area contributed by atoms with Crippen LogP contribution in [-0.2, 0) is 11.3 Å². The number of benzene rings is 1. The lowest BCUT2D eigenvalue weighted by molar-refractivity contribution is -0.123. The molecule has 0 aliphatic rings. The van der Waals surface area contributed by atoms with Crippen LogP contribution in [-0.4, -0.2) is 28.8 Å². The predicted molar refractivity (Wildman–Crippen MR) is 76.5 cm³/mol. The maximum atomic E-state index is 11.6. The van der Waals surface area contributed by atoms with Crippen molar-refractivity contribution >= 4 is 5.91 Å². The normalized spacial score (nSPS) is 9.86. The highest BCUT2D eigenvalue weighted by molar-refractivity contribution is 5.77. The van der Waals surface area contributed by atoms with Gasteiger partial charge in [0.25, 0.3) is 5.91 Å². The minimum Gasteiger partial charge on any atom is -0.482 e. The van der Waals surface area contributed by atoms with Crippen LogP contribution in [0, 0.1) is 11.3 Å². The van der Waals surface area contributed by atoms with Crippen LogP contribution in [0.1, 0.15) is 12.0 Å². The van der Waals surface area contributed by atoms with Crippen molar-refractivity contribution in [3.8, 4) is 11.8 Å². The number of hydrogen-bond donors (Lipinski definition) is 1. The van der Waals surface area contributed by atoms with E-state index in [1.54, 1.807) is 30.5 Å². The molecule has 6 heteroatoms. The fraction of sp³-hybridized carbons (Fsp3) is 0.267. The van der Waals surface area contributed by atoms with Crippen molar-refractivity contribution in [3.63, 3.8) is 0 Å². The summed E-state index contributed by atoms with van der Waals surface area (Å²) >= 11 is 0. The summed E-state index contributed by atoms with van der Waals surface area (Å²) in [5.41, 5.74) is 0.420. The smallest absolute Gasteiger partial charge is 0.257 e. The fourth-order valence-corrected chi connectivity index (χ4v) is 1.78. The van der Waals surface area contributed by atoms with Gasteiger partial charge in [0.2, 0.25) is 0 Å². The number of amides is 1. The molecule has 108 valence electrons. The van der Waals surface area contributed by atoms with Gasteiger partial charge >= 0.3 is 0 Å². The minimum atomic E-state index is -0.205. The summed E-state index contributed by atoms with van der Waals surface area (Å²) in [6, 6.07) is 10.7. The van der Waals surface area contributed by atoms with E-state index in [0.29, 0.717) is 17.9 Å². The summed E-state index contributed by atoms with van der Waals surface area (Å²) < 4.78 is 7.15. The maximum absolute atomic E-state index is 11.6. The molecule has 0 aliphatic carbocycles. The SMILES string of the molecule is N#Cc1ccccc1OCC(=O)NCCCn1cccn1. The van der Waals surface area contributed by atoms with Crippen molar-refractivity contribution in [1.29, 1.82) is 5.26 Å². The Balaban J connectivity index is 1.67. The Hall–Kier alpha value is -2.81. The zero-order valence-electron chi connectivity index (χ0n) is 11.5. The molecule has 0 unspecified atom stereocenters. The lowest BCUT2D eigenvalue weighted by atomic mass is 10.2. The van der Waals surface area contributed by atoms with E-state index in [4.69, 9.17) is 10.00 Å². The number of ether oxygens (including phenoxy) is 1. The third kappa shape index (κ3) is 4.66. The van der Waals surface area contributed by atoms with Gasteiger partial charge in [-0.05, 0) is 24.6 Å². The highest BCUT2D eigenvalue weighted by atomic mass is 16.5. The van der Waals surface area contributed by atoms with Crippen LogP contribution in [0.2, 0.25) is 0 Å². The summed E-state index contributed by atoms with van der Waals surface area (Å²) in [7, 11) is 0. The van der Waals surface area contributed by atoms with Crippen LogP contribution < -0.4 is 10.1 Å². The highest BCUT2D eigenvalue weighted by Gasteiger charge is 2.05. The predicted octanol–water partition coefficient (Wildman–Crippen LogP) is 1.34. The van der Waals surface area contributed by atoms with Crippen molar-refractivity contribution in [1.82, 2.24) is 15.1 Å². The second-order valence-corrected chi connectivity index (χ2v) is 4.37. The molecule has 0 saturated carbocycles. The van der Waals surface area contributed by atoms with Crippen molar-refractivity contribution in [3.05, 3.63) is 48.3 Å². The van der Waals surface area contributed by atoms with Gasteiger partial charge in [-0.1, -0.05) is 12.1 Å². The summed E-state index contributed by atoms with van der Waals surface area (Å²) in [5.74, 6) is 0.217. The quantitative estimate of drug-likeness (QED) is 0.778. The molecule has 0 radical (unpaired) electrons. The molecule has 1 N–H and O–H groups in total. The molecule has 0 fully saturated rings. The number of nitriles is 1. The summed E-state index contributed by atoms with van der Waals surface area (Å²) in [6.45, 7) is 1.22. The van der Waals surface area contributed by atoms with Crippen LogP contribution in [0.15, 0.2) is 42.7 Å². The maximum Gasteiger partial charge on any atom is 0.257 e. The topological polar surface area (TPSA) is 79.9 Å². The first-order valence-corrected chi connectivity index (χ1v) is 6.65. The average Bonchev–Trinajstić information content (AvgIpc) is 3.03. The van der Waals surface area contributed by atoms with Gasteiger partial charge in [0.15, 0.2) is 6.61 Å². The summed E-state index contributed by atoms with van der Waals surface area (Å²) in [4.78, 5) is 11.6. The Morgan fingerprint density at radius 2 is 2.24 bits per heavy atom. The molecule has 0 aliphatic heterocycles. The van der Waals surface area contributed by atoms with Crippen molar-refractivity contribution < 1.29 is 9.53 Å². The molecular weight excluding hydrogens is 268 g/mol. The number of aryl methyl sites for hydroxylation is 1. The van der Waals surface area contributed by atoms with Crippen LogP contribution in [0.5, 0.6) is 5.75 Å². The van der Waals surface area contributed by atoms with Gasteiger partial charge in [-0.15, -0.1) is 0 Å². The van der Waals surface area contributed by atoms with Crippen molar-refractivity contribution in [2.24, 2.45) is 0 Å². The van der Waals surface area contributed by atoms with Gasteiger partial charge in [0, 0.05) is 25.5 Å². The molecule has 0 atom stereocenters. The van der Waals surface area contributed by atoms with E-state index in [1.165, 1.54) is 0 Å². The van der Waals surface area contributed by atoms with E-state index in [9.17, 15) is 4.79 Å². The van der Waals surface area contributed by atoms with Crippen LogP contribution in [0.4, 0.5) is 0 Å². The monoisotopic (exact) mass is 284 g/mol. The van der Waals surface area contributed by atoms with Gasteiger partial charge in [-0.2, -0.15) is 10.4 Å². The average molecular weight is 284 g/mol. The molecule has 1 aromatic carbocycles. The third-order valence-corrected chi connectivity index (χ3v) is 2.81. The van der Waals surface area contributed by atoms with Gasteiger partial charge in [-0.3, -0.25) is 9.48 Å². The molecule has 0 bridgehead atoms. The van der Waals surface area contributed by atoms with Gasteiger partial charge in [0.1, 0.15) is 11.8 Å². The Labute approximate surface area is 123 Å². The van der Waals surface area contributed by atoms with Crippen molar-refractivity contribution in [2.75, 3.05) is 13.2 Å². The molecular formula is C15H16N4O2. The van der Waals surface area contributed by atoms with E-state index < -0.39 is 0 Å². The highest BCUT2D eigenvalue weighted by Crippen LogP contribution is 2.15. The Kier molecular flexibility index (Phi) is 5.35. The number of nitrogens with one attached hydrogen (secondary N) is 1. The Morgan fingerprint density at radius 3 is 3.00 bits per heavy atom. The van der Waals surface area contributed by atoms with Gasteiger partial charge in [-0.25, -0.2) is 0 Å². The second kappa shape index (κ2) is 7.70. The lowest BCUT2D eigenvalue weighted by Gasteiger charge is -2.08. The van der Waals surface area contributed by atoms with E-state index in [2.05, 4.69) is 10.4 Å². The van der Waals surface area contributed by atoms with E-state index in [1.807, 2.05) is 23.0 Å². The number of para-hydroxylation sites is 1. The lowest BCUT2D eigenvalue weighted by Crippen LogP contribution is -2.30. The zero-order valence-corrected chi connectivity index (χ0v) is 11.5. The Bertz CT molecular complexity index is 617.